The highest BCUT2D eigenvalue weighted by Gasteiger charge is 2.20. The van der Waals surface area contributed by atoms with Gasteiger partial charge in [-0.3, -0.25) is 9.36 Å². The summed E-state index contributed by atoms with van der Waals surface area (Å²) in [5.41, 5.74) is 2.48. The number of nitrogens with one attached hydrogen (secondary N) is 2. The summed E-state index contributed by atoms with van der Waals surface area (Å²) >= 11 is 0. The van der Waals surface area contributed by atoms with Crippen molar-refractivity contribution in [2.24, 2.45) is 0 Å². The molecule has 4 rings (SSSR count). The molecule has 3 heterocycles. The Bertz CT molecular complexity index is 975. The van der Waals surface area contributed by atoms with E-state index in [-0.39, 0.29) is 17.6 Å². The number of amides is 1. The molecule has 0 saturated carbocycles. The van der Waals surface area contributed by atoms with Gasteiger partial charge in [-0.2, -0.15) is 4.98 Å². The molecule has 2 aliphatic heterocycles. The molecule has 0 radical (unpaired) electrons. The van der Waals surface area contributed by atoms with Crippen LogP contribution >= 0.6 is 0 Å². The number of carbonyl (C=O) groups is 1. The summed E-state index contributed by atoms with van der Waals surface area (Å²) in [7, 11) is 2.07. The summed E-state index contributed by atoms with van der Waals surface area (Å²) in [6, 6.07) is 9.14. The van der Waals surface area contributed by atoms with Crippen molar-refractivity contribution in [1.29, 1.82) is 0 Å². The molecule has 7 heteroatoms. The second kappa shape index (κ2) is 8.71. The Hall–Kier alpha value is -2.77. The average molecular weight is 393 g/mol. The number of likely N-dealkylation sites (N-methyl/N-ethyl adjacent to an activating group) is 1. The monoisotopic (exact) mass is 393 g/mol. The molecule has 7 nitrogen and oxygen atoms in total. The van der Waals surface area contributed by atoms with Gasteiger partial charge in [-0.1, -0.05) is 18.2 Å². The lowest BCUT2D eigenvalue weighted by Crippen LogP contribution is -2.45. The minimum Gasteiger partial charge on any atom is -0.348 e. The van der Waals surface area contributed by atoms with E-state index in [2.05, 4.69) is 33.6 Å². The summed E-state index contributed by atoms with van der Waals surface area (Å²) in [5, 5.41) is 6.38. The van der Waals surface area contributed by atoms with Gasteiger partial charge in [0.25, 0.3) is 5.91 Å². The maximum atomic E-state index is 12.9. The molecule has 0 aliphatic carbocycles. The van der Waals surface area contributed by atoms with Crippen LogP contribution in [0.4, 0.5) is 0 Å². The molecule has 2 aromatic rings. The van der Waals surface area contributed by atoms with Gasteiger partial charge < -0.3 is 15.5 Å². The van der Waals surface area contributed by atoms with E-state index in [0.717, 1.165) is 56.7 Å². The van der Waals surface area contributed by atoms with Gasteiger partial charge in [0.15, 0.2) is 0 Å². The SMILES string of the molecule is CN1CC=C(c2ccn(-c3ccccc3C(=O)NC3CCCNC3)c(=O)n2)CC1. The van der Waals surface area contributed by atoms with Crippen molar-refractivity contribution >= 4 is 11.5 Å². The van der Waals surface area contributed by atoms with Crippen molar-refractivity contribution in [1.82, 2.24) is 25.1 Å². The molecule has 1 saturated heterocycles. The van der Waals surface area contributed by atoms with Gasteiger partial charge in [-0.25, -0.2) is 4.79 Å². The van der Waals surface area contributed by atoms with E-state index in [1.54, 1.807) is 18.3 Å². The fourth-order valence-corrected chi connectivity index (χ4v) is 3.88. The number of hydrogen-bond acceptors (Lipinski definition) is 5. The van der Waals surface area contributed by atoms with Crippen LogP contribution in [0.15, 0.2) is 47.4 Å². The summed E-state index contributed by atoms with van der Waals surface area (Å²) in [5.74, 6) is -0.164. The van der Waals surface area contributed by atoms with E-state index in [1.165, 1.54) is 4.57 Å². The number of hydrogen-bond donors (Lipinski definition) is 2. The topological polar surface area (TPSA) is 79.3 Å². The van der Waals surface area contributed by atoms with Crippen molar-refractivity contribution in [3.63, 3.8) is 0 Å². The Kier molecular flexibility index (Phi) is 5.87. The third-order valence-electron chi connectivity index (χ3n) is 5.59. The maximum absolute atomic E-state index is 12.9. The molecule has 2 aliphatic rings. The average Bonchev–Trinajstić information content (AvgIpc) is 2.75. The van der Waals surface area contributed by atoms with Crippen molar-refractivity contribution < 1.29 is 4.79 Å². The largest absolute Gasteiger partial charge is 0.352 e. The minimum absolute atomic E-state index is 0.109. The second-order valence-electron chi connectivity index (χ2n) is 7.74. The third kappa shape index (κ3) is 4.46. The van der Waals surface area contributed by atoms with Crippen molar-refractivity contribution in [2.75, 3.05) is 33.2 Å². The molecule has 1 aromatic heterocycles. The van der Waals surface area contributed by atoms with E-state index in [9.17, 15) is 9.59 Å². The van der Waals surface area contributed by atoms with Gasteiger partial charge in [0, 0.05) is 31.9 Å². The van der Waals surface area contributed by atoms with Crippen molar-refractivity contribution in [2.45, 2.75) is 25.3 Å². The zero-order chi connectivity index (χ0) is 20.2. The number of piperidine rings is 1. The first-order valence-electron chi connectivity index (χ1n) is 10.2. The highest BCUT2D eigenvalue weighted by atomic mass is 16.2. The van der Waals surface area contributed by atoms with E-state index in [4.69, 9.17) is 0 Å². The first kappa shape index (κ1) is 19.5. The van der Waals surface area contributed by atoms with Gasteiger partial charge in [-0.15, -0.1) is 0 Å². The number of benzene rings is 1. The Morgan fingerprint density at radius 1 is 1.28 bits per heavy atom. The highest BCUT2D eigenvalue weighted by Crippen LogP contribution is 2.20. The predicted octanol–water partition coefficient (Wildman–Crippen LogP) is 1.43. The smallest absolute Gasteiger partial charge is 0.348 e. The van der Waals surface area contributed by atoms with Gasteiger partial charge in [-0.05, 0) is 56.6 Å². The van der Waals surface area contributed by atoms with Crippen LogP contribution in [-0.2, 0) is 0 Å². The Labute approximate surface area is 170 Å². The minimum atomic E-state index is -0.373. The lowest BCUT2D eigenvalue weighted by atomic mass is 10.0. The second-order valence-corrected chi connectivity index (χ2v) is 7.74. The summed E-state index contributed by atoms with van der Waals surface area (Å²) in [6.07, 6.45) is 6.72. The molecular formula is C22H27N5O2. The van der Waals surface area contributed by atoms with Crippen LogP contribution in [0, 0.1) is 0 Å². The molecule has 1 amide bonds. The van der Waals surface area contributed by atoms with E-state index >= 15 is 0 Å². The first-order valence-corrected chi connectivity index (χ1v) is 10.2. The van der Waals surface area contributed by atoms with Crippen LogP contribution in [-0.4, -0.2) is 59.6 Å². The van der Waals surface area contributed by atoms with Gasteiger partial charge in [0.2, 0.25) is 0 Å². The van der Waals surface area contributed by atoms with Crippen LogP contribution in [0.5, 0.6) is 0 Å². The molecule has 1 aromatic carbocycles. The molecular weight excluding hydrogens is 366 g/mol. The Morgan fingerprint density at radius 2 is 2.14 bits per heavy atom. The molecule has 2 N–H and O–H groups in total. The molecule has 1 atom stereocenters. The summed E-state index contributed by atoms with van der Waals surface area (Å²) in [6.45, 7) is 3.58. The van der Waals surface area contributed by atoms with E-state index in [1.807, 2.05) is 18.2 Å². The lowest BCUT2D eigenvalue weighted by Gasteiger charge is -2.24. The summed E-state index contributed by atoms with van der Waals surface area (Å²) < 4.78 is 1.45. The lowest BCUT2D eigenvalue weighted by molar-refractivity contribution is 0.0930. The fraction of sp³-hybridized carbons (Fsp3) is 0.409. The molecule has 0 spiro atoms. The van der Waals surface area contributed by atoms with Crippen LogP contribution in [0.2, 0.25) is 0 Å². The number of nitrogens with zero attached hydrogens (tertiary/aromatic N) is 3. The fourth-order valence-electron chi connectivity index (χ4n) is 3.88. The first-order chi connectivity index (χ1) is 14.1. The maximum Gasteiger partial charge on any atom is 0.352 e. The molecule has 0 bridgehead atoms. The molecule has 1 fully saturated rings. The number of para-hydroxylation sites is 1. The van der Waals surface area contributed by atoms with Crippen molar-refractivity contribution in [3.05, 3.63) is 64.3 Å². The molecule has 1 unspecified atom stereocenters. The van der Waals surface area contributed by atoms with Crippen LogP contribution in [0.25, 0.3) is 11.3 Å². The van der Waals surface area contributed by atoms with Crippen LogP contribution in [0.3, 0.4) is 0 Å². The number of aromatic nitrogens is 2. The van der Waals surface area contributed by atoms with Crippen LogP contribution in [0.1, 0.15) is 35.3 Å². The quantitative estimate of drug-likeness (QED) is 0.822. The molecule has 29 heavy (non-hydrogen) atoms. The van der Waals surface area contributed by atoms with Gasteiger partial charge in [0.1, 0.15) is 0 Å². The Morgan fingerprint density at radius 3 is 2.86 bits per heavy atom. The van der Waals surface area contributed by atoms with Gasteiger partial charge in [0.05, 0.1) is 16.9 Å². The third-order valence-corrected chi connectivity index (χ3v) is 5.59. The normalized spacial score (nSPS) is 20.2. The Balaban J connectivity index is 1.60. The summed E-state index contributed by atoms with van der Waals surface area (Å²) in [4.78, 5) is 32.2. The number of carbonyl (C=O) groups excluding carboxylic acids is 1. The van der Waals surface area contributed by atoms with Gasteiger partial charge >= 0.3 is 5.69 Å². The van der Waals surface area contributed by atoms with E-state index < -0.39 is 0 Å². The molecule has 152 valence electrons. The van der Waals surface area contributed by atoms with E-state index in [0.29, 0.717) is 11.3 Å². The van der Waals surface area contributed by atoms with Crippen LogP contribution < -0.4 is 16.3 Å². The zero-order valence-electron chi connectivity index (χ0n) is 16.7. The van der Waals surface area contributed by atoms with Crippen molar-refractivity contribution in [3.8, 4) is 5.69 Å². The zero-order valence-corrected chi connectivity index (χ0v) is 16.7. The standard InChI is InChI=1S/C22H27N5O2/c1-26-12-8-16(9-13-26)19-10-14-27(22(29)25-19)20-7-3-2-6-18(20)21(28)24-17-5-4-11-23-15-17/h2-3,6-8,10,14,17,23H,4-5,9,11-13,15H2,1H3,(H,24,28). The predicted molar refractivity (Wildman–Crippen MR) is 113 cm³/mol. The number of rotatable bonds is 4. The highest BCUT2D eigenvalue weighted by molar-refractivity contribution is 5.98.